The van der Waals surface area contributed by atoms with E-state index in [9.17, 15) is 0 Å². The molecular formula is C53H65N. The van der Waals surface area contributed by atoms with E-state index in [0.29, 0.717) is 17.8 Å². The first-order valence-corrected chi connectivity index (χ1v) is 22.9. The average molecular weight is 716 g/mol. The van der Waals surface area contributed by atoms with Gasteiger partial charge in [0.25, 0.3) is 0 Å². The van der Waals surface area contributed by atoms with Crippen molar-refractivity contribution in [3.8, 4) is 0 Å². The molecule has 12 bridgehead atoms. The highest BCUT2D eigenvalue weighted by Crippen LogP contribution is 2.49. The van der Waals surface area contributed by atoms with Gasteiger partial charge in [-0.2, -0.15) is 0 Å². The van der Waals surface area contributed by atoms with E-state index in [2.05, 4.69) is 77.8 Å². The number of piperidine rings is 1. The van der Waals surface area contributed by atoms with Crippen molar-refractivity contribution in [2.45, 2.75) is 141 Å². The van der Waals surface area contributed by atoms with E-state index in [1.165, 1.54) is 153 Å². The van der Waals surface area contributed by atoms with Crippen LogP contribution < -0.4 is 0 Å². The molecular weight excluding hydrogens is 651 g/mol. The van der Waals surface area contributed by atoms with Crippen LogP contribution in [0.4, 0.5) is 0 Å². The third-order valence-electron chi connectivity index (χ3n) is 15.4. The Morgan fingerprint density at radius 3 is 1.67 bits per heavy atom. The Balaban J connectivity index is 1.18. The fraction of sp³-hybridized carbons (Fsp3) is 0.547. The summed E-state index contributed by atoms with van der Waals surface area (Å²) < 4.78 is 0. The van der Waals surface area contributed by atoms with E-state index in [1.54, 1.807) is 55.9 Å². The molecule has 282 valence electrons. The van der Waals surface area contributed by atoms with Gasteiger partial charge in [-0.1, -0.05) is 102 Å². The zero-order valence-electron chi connectivity index (χ0n) is 33.2. The van der Waals surface area contributed by atoms with Crippen LogP contribution in [0.15, 0.2) is 140 Å². The Bertz CT molecular complexity index is 1900. The molecule has 0 N–H and O–H groups in total. The molecule has 0 aromatic heterocycles. The van der Waals surface area contributed by atoms with Crippen molar-refractivity contribution in [3.05, 3.63) is 140 Å². The molecule has 10 rings (SSSR count). The van der Waals surface area contributed by atoms with Crippen LogP contribution in [0.3, 0.4) is 0 Å². The fourth-order valence-corrected chi connectivity index (χ4v) is 12.7. The first kappa shape index (κ1) is 35.1. The Hall–Kier alpha value is -3.32. The van der Waals surface area contributed by atoms with Crippen LogP contribution in [-0.4, -0.2) is 18.0 Å². The molecule has 1 heteroatoms. The monoisotopic (exact) mass is 716 g/mol. The maximum Gasteiger partial charge on any atom is 0.0434 e. The van der Waals surface area contributed by atoms with Crippen molar-refractivity contribution in [1.82, 2.24) is 4.90 Å². The summed E-state index contributed by atoms with van der Waals surface area (Å²) in [6.07, 6.45) is 59.9. The van der Waals surface area contributed by atoms with Gasteiger partial charge in [-0.3, -0.25) is 0 Å². The van der Waals surface area contributed by atoms with Crippen molar-refractivity contribution >= 4 is 0 Å². The fourth-order valence-electron chi connectivity index (χ4n) is 12.7. The molecule has 8 aliphatic carbocycles. The Morgan fingerprint density at radius 1 is 0.407 bits per heavy atom. The second kappa shape index (κ2) is 15.7. The summed E-state index contributed by atoms with van der Waals surface area (Å²) in [5.41, 5.74) is 20.2. The van der Waals surface area contributed by atoms with Crippen molar-refractivity contribution in [2.24, 2.45) is 29.6 Å². The number of hydrogen-bond donors (Lipinski definition) is 0. The summed E-state index contributed by atoms with van der Waals surface area (Å²) in [6, 6.07) is 0. The van der Waals surface area contributed by atoms with Gasteiger partial charge in [0.15, 0.2) is 0 Å². The van der Waals surface area contributed by atoms with Crippen molar-refractivity contribution < 1.29 is 0 Å². The topological polar surface area (TPSA) is 3.24 Å². The van der Waals surface area contributed by atoms with E-state index in [1.807, 2.05) is 5.57 Å². The molecule has 6 fully saturated rings. The maximum absolute atomic E-state index is 2.92. The number of rotatable bonds is 3. The molecule has 0 aromatic rings. The molecule has 5 saturated carbocycles. The van der Waals surface area contributed by atoms with Crippen molar-refractivity contribution in [1.29, 1.82) is 0 Å². The minimum atomic E-state index is 0.604. The summed E-state index contributed by atoms with van der Waals surface area (Å²) in [7, 11) is 0. The van der Waals surface area contributed by atoms with Crippen LogP contribution in [0.25, 0.3) is 0 Å². The van der Waals surface area contributed by atoms with E-state index in [4.69, 9.17) is 0 Å². The van der Waals surface area contributed by atoms with Crippen LogP contribution in [0.5, 0.6) is 0 Å². The number of allylic oxidation sites excluding steroid dienone is 21. The van der Waals surface area contributed by atoms with Gasteiger partial charge in [0.2, 0.25) is 0 Å². The number of nitrogens with zero attached hydrogens (tertiary/aromatic N) is 1. The highest BCUT2D eigenvalue weighted by molar-refractivity contribution is 5.54. The molecule has 1 saturated heterocycles. The highest BCUT2D eigenvalue weighted by Gasteiger charge is 2.35. The van der Waals surface area contributed by atoms with Gasteiger partial charge < -0.3 is 4.90 Å². The average Bonchev–Trinajstić information content (AvgIpc) is 3.56. The Kier molecular flexibility index (Phi) is 10.2. The third kappa shape index (κ3) is 7.35. The predicted molar refractivity (Wildman–Crippen MR) is 228 cm³/mol. The van der Waals surface area contributed by atoms with E-state index in [-0.39, 0.29) is 0 Å². The van der Waals surface area contributed by atoms with E-state index >= 15 is 0 Å². The van der Waals surface area contributed by atoms with Gasteiger partial charge in [0.05, 0.1) is 0 Å². The van der Waals surface area contributed by atoms with Crippen LogP contribution in [0.1, 0.15) is 141 Å². The SMILES string of the molecule is C1=CC2CCC/C(=C/C=C1C1=C3CCC[C@H](C3)C(C3=C/C=C4/CCC(C=C3)C4)=C3CCCN(C3)C(C3=C/C=C4\CCCC(C=C3)C4)=C3CCCCC1C3)C2. The zero-order chi connectivity index (χ0) is 35.8. The standard InChI is InChI=1S/C53H65N/c1-2-12-49-35-46(11-1)51(43-24-18-37-7-3-8-38(31-37)19-25-43)47-13-5-14-48(34-47)52(44-26-20-41-16-17-42(33-41)21-27-44)50-15-6-30-54(36-50)53(49)45-28-22-39-9-4-10-40(32-39)23-29-45/h18-29,37,39,41,46,48H,1-17,30-36H2/b24-18?,26-20?,28-22?,38-19-,40-23+,42-21-,43-25?,44-27?,45-29?,51-47?,52-50?,53-49?/t37?,39?,41?,46?,48-/m1/s1. The smallest absolute Gasteiger partial charge is 0.0434 e. The molecule has 10 aliphatic rings. The van der Waals surface area contributed by atoms with E-state index in [0.717, 1.165) is 18.4 Å². The van der Waals surface area contributed by atoms with Gasteiger partial charge in [-0.05, 0) is 203 Å². The molecule has 2 heterocycles. The second-order valence-corrected chi connectivity index (χ2v) is 19.1. The quantitative estimate of drug-likeness (QED) is 0.281. The molecule has 1 nitrogen and oxygen atoms in total. The zero-order valence-corrected chi connectivity index (χ0v) is 33.2. The van der Waals surface area contributed by atoms with Crippen molar-refractivity contribution in [2.75, 3.05) is 13.1 Å². The number of fused-ring (bicyclic) bond motifs is 12. The van der Waals surface area contributed by atoms with Gasteiger partial charge in [-0.25, -0.2) is 0 Å². The molecule has 5 atom stereocenters. The molecule has 0 aromatic carbocycles. The lowest BCUT2D eigenvalue weighted by Crippen LogP contribution is -2.34. The maximum atomic E-state index is 2.92. The van der Waals surface area contributed by atoms with Gasteiger partial charge >= 0.3 is 0 Å². The first-order valence-electron chi connectivity index (χ1n) is 22.9. The van der Waals surface area contributed by atoms with Gasteiger partial charge in [0.1, 0.15) is 0 Å². The number of hydrogen-bond acceptors (Lipinski definition) is 1. The normalized spacial score (nSPS) is 35.8. The van der Waals surface area contributed by atoms with Gasteiger partial charge in [0, 0.05) is 18.8 Å². The summed E-state index contributed by atoms with van der Waals surface area (Å²) in [5.74, 6) is 3.38. The third-order valence-corrected chi connectivity index (χ3v) is 15.4. The summed E-state index contributed by atoms with van der Waals surface area (Å²) in [6.45, 7) is 2.30. The molecule has 4 unspecified atom stereocenters. The Morgan fingerprint density at radius 2 is 0.944 bits per heavy atom. The first-order chi connectivity index (χ1) is 26.7. The molecule has 2 aliphatic heterocycles. The van der Waals surface area contributed by atoms with Crippen LogP contribution >= 0.6 is 0 Å². The Labute approximate surface area is 327 Å². The van der Waals surface area contributed by atoms with Gasteiger partial charge in [-0.15, -0.1) is 0 Å². The lowest BCUT2D eigenvalue weighted by Gasteiger charge is -2.40. The minimum Gasteiger partial charge on any atom is -0.367 e. The summed E-state index contributed by atoms with van der Waals surface area (Å²) in [5, 5.41) is 0. The lowest BCUT2D eigenvalue weighted by atomic mass is 9.70. The molecule has 54 heavy (non-hydrogen) atoms. The lowest BCUT2D eigenvalue weighted by molar-refractivity contribution is 0.325. The highest BCUT2D eigenvalue weighted by atomic mass is 15.1. The minimum absolute atomic E-state index is 0.604. The summed E-state index contributed by atoms with van der Waals surface area (Å²) >= 11 is 0. The predicted octanol–water partition coefficient (Wildman–Crippen LogP) is 14.2. The van der Waals surface area contributed by atoms with Crippen LogP contribution in [-0.2, 0) is 0 Å². The van der Waals surface area contributed by atoms with Crippen LogP contribution in [0.2, 0.25) is 0 Å². The second-order valence-electron chi connectivity index (χ2n) is 19.1. The van der Waals surface area contributed by atoms with E-state index < -0.39 is 0 Å². The largest absolute Gasteiger partial charge is 0.367 e. The molecule has 0 radical (unpaired) electrons. The summed E-state index contributed by atoms with van der Waals surface area (Å²) in [4.78, 5) is 2.92. The van der Waals surface area contributed by atoms with Crippen molar-refractivity contribution in [3.63, 3.8) is 0 Å². The van der Waals surface area contributed by atoms with Crippen LogP contribution in [0, 0.1) is 29.6 Å². The molecule has 0 amide bonds. The molecule has 0 spiro atoms.